The third kappa shape index (κ3) is 3.10. The van der Waals surface area contributed by atoms with E-state index < -0.39 is 0 Å². The molecule has 1 aliphatic heterocycles. The predicted molar refractivity (Wildman–Crippen MR) is 72.7 cm³/mol. The first-order chi connectivity index (χ1) is 8.47. The lowest BCUT2D eigenvalue weighted by molar-refractivity contribution is -0.124. The van der Waals surface area contributed by atoms with E-state index in [-0.39, 0.29) is 17.4 Å². The largest absolute Gasteiger partial charge is 0.368 e. The van der Waals surface area contributed by atoms with Gasteiger partial charge in [-0.05, 0) is 36.0 Å². The normalized spacial score (nSPS) is 19.8. The fourth-order valence-electron chi connectivity index (χ4n) is 2.06. The number of carbonyl (C=O) groups excluding carboxylic acids is 1. The Bertz CT molecular complexity index is 411. The van der Waals surface area contributed by atoms with Crippen LogP contribution in [0.15, 0.2) is 24.3 Å². The lowest BCUT2D eigenvalue weighted by Crippen LogP contribution is -2.26. The van der Waals surface area contributed by atoms with E-state index in [1.165, 1.54) is 5.56 Å². The molecule has 1 aromatic carbocycles. The Balaban J connectivity index is 2.00. The fraction of sp³-hybridized carbons (Fsp3) is 0.533. The zero-order valence-electron chi connectivity index (χ0n) is 11.3. The quantitative estimate of drug-likeness (QED) is 0.872. The van der Waals surface area contributed by atoms with Crippen molar-refractivity contribution in [3.05, 3.63) is 29.8 Å². The third-order valence-electron chi connectivity index (χ3n) is 3.24. The van der Waals surface area contributed by atoms with Crippen molar-refractivity contribution in [2.45, 2.75) is 45.1 Å². The SMILES string of the molecule is CC(C)(C)c1ccc(NC(=O)C2CCCO2)cc1. The Morgan fingerprint density at radius 3 is 2.44 bits per heavy atom. The van der Waals surface area contributed by atoms with Gasteiger partial charge in [-0.25, -0.2) is 0 Å². The Kier molecular flexibility index (Phi) is 3.71. The van der Waals surface area contributed by atoms with Gasteiger partial charge in [-0.2, -0.15) is 0 Å². The number of hydrogen-bond acceptors (Lipinski definition) is 2. The van der Waals surface area contributed by atoms with Gasteiger partial charge >= 0.3 is 0 Å². The highest BCUT2D eigenvalue weighted by atomic mass is 16.5. The van der Waals surface area contributed by atoms with E-state index in [0.717, 1.165) is 18.5 Å². The molecule has 3 nitrogen and oxygen atoms in total. The Labute approximate surface area is 109 Å². The van der Waals surface area contributed by atoms with Crippen LogP contribution in [0.25, 0.3) is 0 Å². The molecule has 1 atom stereocenters. The summed E-state index contributed by atoms with van der Waals surface area (Å²) in [5.74, 6) is -0.0315. The Morgan fingerprint density at radius 1 is 1.28 bits per heavy atom. The summed E-state index contributed by atoms with van der Waals surface area (Å²) in [7, 11) is 0. The predicted octanol–water partition coefficient (Wildman–Crippen LogP) is 3.10. The first kappa shape index (κ1) is 13.1. The molecule has 18 heavy (non-hydrogen) atoms. The van der Waals surface area contributed by atoms with E-state index in [2.05, 4.69) is 38.2 Å². The van der Waals surface area contributed by atoms with Crippen LogP contribution in [0.1, 0.15) is 39.2 Å². The third-order valence-corrected chi connectivity index (χ3v) is 3.24. The number of nitrogens with one attached hydrogen (secondary N) is 1. The van der Waals surface area contributed by atoms with Gasteiger partial charge in [0.15, 0.2) is 0 Å². The summed E-state index contributed by atoms with van der Waals surface area (Å²) in [5.41, 5.74) is 2.23. The maximum atomic E-state index is 11.9. The van der Waals surface area contributed by atoms with Crippen molar-refractivity contribution < 1.29 is 9.53 Å². The van der Waals surface area contributed by atoms with Gasteiger partial charge in [-0.15, -0.1) is 0 Å². The second kappa shape index (κ2) is 5.11. The number of rotatable bonds is 2. The fourth-order valence-corrected chi connectivity index (χ4v) is 2.06. The molecule has 0 bridgehead atoms. The Hall–Kier alpha value is -1.35. The molecule has 1 aliphatic rings. The molecule has 1 fully saturated rings. The lowest BCUT2D eigenvalue weighted by Gasteiger charge is -2.19. The number of carbonyl (C=O) groups is 1. The van der Waals surface area contributed by atoms with Crippen LogP contribution in [0.4, 0.5) is 5.69 Å². The van der Waals surface area contributed by atoms with Crippen molar-refractivity contribution in [3.63, 3.8) is 0 Å². The first-order valence-corrected chi connectivity index (χ1v) is 6.50. The molecule has 0 saturated carbocycles. The topological polar surface area (TPSA) is 38.3 Å². The lowest BCUT2D eigenvalue weighted by atomic mass is 9.87. The van der Waals surface area contributed by atoms with Crippen molar-refractivity contribution in [1.82, 2.24) is 0 Å². The molecule has 2 rings (SSSR count). The van der Waals surface area contributed by atoms with Crippen molar-refractivity contribution in [2.75, 3.05) is 11.9 Å². The summed E-state index contributed by atoms with van der Waals surface area (Å²) >= 11 is 0. The van der Waals surface area contributed by atoms with E-state index >= 15 is 0 Å². The molecule has 1 N–H and O–H groups in total. The van der Waals surface area contributed by atoms with Crippen LogP contribution in [-0.2, 0) is 14.9 Å². The molecule has 3 heteroatoms. The highest BCUT2D eigenvalue weighted by Crippen LogP contribution is 2.23. The van der Waals surface area contributed by atoms with Gasteiger partial charge in [0.2, 0.25) is 0 Å². The van der Waals surface area contributed by atoms with Crippen LogP contribution in [0.3, 0.4) is 0 Å². The van der Waals surface area contributed by atoms with Crippen LogP contribution in [-0.4, -0.2) is 18.6 Å². The minimum absolute atomic E-state index is 0.0315. The molecular weight excluding hydrogens is 226 g/mol. The average molecular weight is 247 g/mol. The molecular formula is C15H21NO2. The highest BCUT2D eigenvalue weighted by molar-refractivity contribution is 5.94. The van der Waals surface area contributed by atoms with Crippen LogP contribution >= 0.6 is 0 Å². The van der Waals surface area contributed by atoms with E-state index in [4.69, 9.17) is 4.74 Å². The van der Waals surface area contributed by atoms with Crippen LogP contribution in [0, 0.1) is 0 Å². The van der Waals surface area contributed by atoms with Crippen molar-refractivity contribution in [2.24, 2.45) is 0 Å². The summed E-state index contributed by atoms with van der Waals surface area (Å²) < 4.78 is 5.35. The van der Waals surface area contributed by atoms with Crippen LogP contribution < -0.4 is 5.32 Å². The summed E-state index contributed by atoms with van der Waals surface area (Å²) in [6.45, 7) is 7.22. The molecule has 98 valence electrons. The number of amides is 1. The summed E-state index contributed by atoms with van der Waals surface area (Å²) in [6, 6.07) is 8.02. The van der Waals surface area contributed by atoms with Gasteiger partial charge in [0.05, 0.1) is 0 Å². The van der Waals surface area contributed by atoms with Crippen molar-refractivity contribution >= 4 is 11.6 Å². The molecule has 0 radical (unpaired) electrons. The minimum Gasteiger partial charge on any atom is -0.368 e. The minimum atomic E-state index is -0.271. The van der Waals surface area contributed by atoms with Gasteiger partial charge < -0.3 is 10.1 Å². The highest BCUT2D eigenvalue weighted by Gasteiger charge is 2.23. The zero-order valence-corrected chi connectivity index (χ0v) is 11.3. The maximum Gasteiger partial charge on any atom is 0.253 e. The smallest absolute Gasteiger partial charge is 0.253 e. The zero-order chi connectivity index (χ0) is 13.2. The van der Waals surface area contributed by atoms with Gasteiger partial charge in [-0.3, -0.25) is 4.79 Å². The van der Waals surface area contributed by atoms with Crippen molar-refractivity contribution in [1.29, 1.82) is 0 Å². The molecule has 0 aliphatic carbocycles. The van der Waals surface area contributed by atoms with E-state index in [1.807, 2.05) is 12.1 Å². The van der Waals surface area contributed by atoms with Crippen LogP contribution in [0.5, 0.6) is 0 Å². The molecule has 1 unspecified atom stereocenters. The standard InChI is InChI=1S/C15H21NO2/c1-15(2,3)11-6-8-12(9-7-11)16-14(17)13-5-4-10-18-13/h6-9,13H,4-5,10H2,1-3H3,(H,16,17). The van der Waals surface area contributed by atoms with E-state index in [9.17, 15) is 4.79 Å². The van der Waals surface area contributed by atoms with E-state index in [1.54, 1.807) is 0 Å². The average Bonchev–Trinajstić information content (AvgIpc) is 2.82. The molecule has 1 saturated heterocycles. The maximum absolute atomic E-state index is 11.9. The number of ether oxygens (including phenoxy) is 1. The number of hydrogen-bond donors (Lipinski definition) is 1. The molecule has 0 spiro atoms. The first-order valence-electron chi connectivity index (χ1n) is 6.50. The summed E-state index contributed by atoms with van der Waals surface area (Å²) in [5, 5.41) is 2.90. The van der Waals surface area contributed by atoms with Gasteiger partial charge in [0.1, 0.15) is 6.10 Å². The van der Waals surface area contributed by atoms with Crippen LogP contribution in [0.2, 0.25) is 0 Å². The Morgan fingerprint density at radius 2 is 1.94 bits per heavy atom. The molecule has 1 heterocycles. The van der Waals surface area contributed by atoms with Gasteiger partial charge in [0, 0.05) is 12.3 Å². The molecule has 0 aromatic heterocycles. The summed E-state index contributed by atoms with van der Waals surface area (Å²) in [4.78, 5) is 11.9. The van der Waals surface area contributed by atoms with Gasteiger partial charge in [-0.1, -0.05) is 32.9 Å². The monoisotopic (exact) mass is 247 g/mol. The summed E-state index contributed by atoms with van der Waals surface area (Å²) in [6.07, 6.45) is 1.53. The molecule has 1 aromatic rings. The molecule has 1 amide bonds. The van der Waals surface area contributed by atoms with Crippen molar-refractivity contribution in [3.8, 4) is 0 Å². The second-order valence-corrected chi connectivity index (χ2v) is 5.82. The number of benzene rings is 1. The second-order valence-electron chi connectivity index (χ2n) is 5.82. The number of anilines is 1. The van der Waals surface area contributed by atoms with E-state index in [0.29, 0.717) is 6.61 Å². The van der Waals surface area contributed by atoms with Gasteiger partial charge in [0.25, 0.3) is 5.91 Å².